The molecule has 0 N–H and O–H groups in total. The summed E-state index contributed by atoms with van der Waals surface area (Å²) in [5.41, 5.74) is 0.525. The molecule has 5 heteroatoms. The summed E-state index contributed by atoms with van der Waals surface area (Å²) in [6, 6.07) is 6.67. The van der Waals surface area contributed by atoms with Crippen LogP contribution in [0.2, 0.25) is 18.1 Å². The first kappa shape index (κ1) is 20.4. The SMILES string of the molecule is CC(C)C(C)OC(=O)c1ccccc1C(=O)O[Si](C)(C)C(C)(C)C. The normalized spacial score (nSPS) is 13.5. The molecule has 0 spiro atoms. The fourth-order valence-electron chi connectivity index (χ4n) is 1.65. The Labute approximate surface area is 146 Å². The largest absolute Gasteiger partial charge is 0.516 e. The summed E-state index contributed by atoms with van der Waals surface area (Å²) in [6.07, 6.45) is -0.220. The van der Waals surface area contributed by atoms with Crippen LogP contribution in [0.15, 0.2) is 24.3 Å². The van der Waals surface area contributed by atoms with Gasteiger partial charge in [-0.2, -0.15) is 0 Å². The molecule has 0 bridgehead atoms. The summed E-state index contributed by atoms with van der Waals surface area (Å²) in [6.45, 7) is 16.0. The van der Waals surface area contributed by atoms with Gasteiger partial charge in [-0.05, 0) is 43.1 Å². The fraction of sp³-hybridized carbons (Fsp3) is 0.579. The lowest BCUT2D eigenvalue weighted by Crippen LogP contribution is -2.42. The molecule has 1 atom stereocenters. The molecule has 134 valence electrons. The summed E-state index contributed by atoms with van der Waals surface area (Å²) in [5, 5.41) is -0.0930. The number of esters is 1. The Balaban J connectivity index is 3.06. The van der Waals surface area contributed by atoms with Gasteiger partial charge in [0.15, 0.2) is 0 Å². The number of rotatable bonds is 5. The van der Waals surface area contributed by atoms with Crippen LogP contribution in [0.4, 0.5) is 0 Å². The smallest absolute Gasteiger partial charge is 0.339 e. The van der Waals surface area contributed by atoms with Crippen LogP contribution in [0.1, 0.15) is 62.3 Å². The van der Waals surface area contributed by atoms with Gasteiger partial charge < -0.3 is 9.16 Å². The predicted molar refractivity (Wildman–Crippen MR) is 98.8 cm³/mol. The van der Waals surface area contributed by atoms with Gasteiger partial charge in [-0.15, -0.1) is 0 Å². The molecule has 0 aliphatic heterocycles. The van der Waals surface area contributed by atoms with Gasteiger partial charge in [0, 0.05) is 0 Å². The first-order chi connectivity index (χ1) is 10.9. The molecule has 1 aromatic carbocycles. The summed E-state index contributed by atoms with van der Waals surface area (Å²) >= 11 is 0. The highest BCUT2D eigenvalue weighted by Gasteiger charge is 2.41. The third-order valence-corrected chi connectivity index (χ3v) is 9.06. The molecule has 4 nitrogen and oxygen atoms in total. The van der Waals surface area contributed by atoms with Crippen LogP contribution in [-0.4, -0.2) is 26.4 Å². The van der Waals surface area contributed by atoms with E-state index in [1.54, 1.807) is 24.3 Å². The van der Waals surface area contributed by atoms with Gasteiger partial charge in [-0.25, -0.2) is 9.59 Å². The van der Waals surface area contributed by atoms with Crippen molar-refractivity contribution in [3.05, 3.63) is 35.4 Å². The number of hydrogen-bond acceptors (Lipinski definition) is 4. The number of carbonyl (C=O) groups is 2. The Hall–Kier alpha value is -1.62. The van der Waals surface area contributed by atoms with Crippen molar-refractivity contribution in [2.24, 2.45) is 5.92 Å². The molecule has 1 aromatic rings. The van der Waals surface area contributed by atoms with Gasteiger partial charge >= 0.3 is 11.9 Å². The number of benzene rings is 1. The standard InChI is InChI=1S/C19H30O4Si/c1-13(2)14(3)22-17(20)15-11-9-10-12-16(15)18(21)23-24(7,8)19(4,5)6/h9-14H,1-8H3. The van der Waals surface area contributed by atoms with Crippen molar-refractivity contribution in [1.82, 2.24) is 0 Å². The molecule has 24 heavy (non-hydrogen) atoms. The summed E-state index contributed by atoms with van der Waals surface area (Å²) in [5.74, 6) is -0.731. The zero-order chi connectivity index (χ0) is 18.7. The average Bonchev–Trinajstić information content (AvgIpc) is 2.45. The maximum Gasteiger partial charge on any atom is 0.339 e. The minimum atomic E-state index is -2.26. The van der Waals surface area contributed by atoms with E-state index < -0.39 is 20.3 Å². The number of carbonyl (C=O) groups excluding carboxylic acids is 2. The Morgan fingerprint density at radius 3 is 1.83 bits per heavy atom. The van der Waals surface area contributed by atoms with Crippen LogP contribution in [0, 0.1) is 5.92 Å². The second kappa shape index (κ2) is 7.51. The molecule has 0 heterocycles. The second-order valence-electron chi connectivity index (χ2n) is 8.05. The Morgan fingerprint density at radius 1 is 0.958 bits per heavy atom. The molecular weight excluding hydrogens is 320 g/mol. The van der Waals surface area contributed by atoms with E-state index in [1.165, 1.54) is 0 Å². The van der Waals surface area contributed by atoms with Crippen molar-refractivity contribution in [3.8, 4) is 0 Å². The quantitative estimate of drug-likeness (QED) is 0.551. The molecular formula is C19H30O4Si. The van der Waals surface area contributed by atoms with Crippen LogP contribution in [0.5, 0.6) is 0 Å². The van der Waals surface area contributed by atoms with Crippen molar-refractivity contribution in [2.45, 2.75) is 65.8 Å². The molecule has 0 radical (unpaired) electrons. The van der Waals surface area contributed by atoms with Gasteiger partial charge in [-0.3, -0.25) is 0 Å². The van der Waals surface area contributed by atoms with Crippen molar-refractivity contribution in [2.75, 3.05) is 0 Å². The molecule has 0 saturated heterocycles. The minimum Gasteiger partial charge on any atom is -0.516 e. The van der Waals surface area contributed by atoms with Gasteiger partial charge in [-0.1, -0.05) is 46.8 Å². The van der Waals surface area contributed by atoms with Crippen LogP contribution < -0.4 is 0 Å². The van der Waals surface area contributed by atoms with E-state index in [2.05, 4.69) is 20.8 Å². The summed E-state index contributed by atoms with van der Waals surface area (Å²) in [7, 11) is -2.26. The van der Waals surface area contributed by atoms with Crippen LogP contribution in [0.25, 0.3) is 0 Å². The van der Waals surface area contributed by atoms with E-state index in [-0.39, 0.29) is 28.2 Å². The Kier molecular flexibility index (Phi) is 6.39. The highest BCUT2D eigenvalue weighted by atomic mass is 28.4. The average molecular weight is 351 g/mol. The van der Waals surface area contributed by atoms with Gasteiger partial charge in [0.1, 0.15) is 6.10 Å². The first-order valence-electron chi connectivity index (χ1n) is 8.40. The monoisotopic (exact) mass is 350 g/mol. The number of ether oxygens (including phenoxy) is 1. The molecule has 0 aliphatic carbocycles. The van der Waals surface area contributed by atoms with E-state index in [4.69, 9.17) is 9.16 Å². The van der Waals surface area contributed by atoms with Crippen LogP contribution in [-0.2, 0) is 9.16 Å². The van der Waals surface area contributed by atoms with E-state index >= 15 is 0 Å². The lowest BCUT2D eigenvalue weighted by Gasteiger charge is -2.35. The molecule has 0 fully saturated rings. The predicted octanol–water partition coefficient (Wildman–Crippen LogP) is 5.05. The highest BCUT2D eigenvalue weighted by Crippen LogP contribution is 2.37. The topological polar surface area (TPSA) is 52.6 Å². The molecule has 0 amide bonds. The molecule has 0 aliphatic rings. The van der Waals surface area contributed by atoms with E-state index in [1.807, 2.05) is 33.9 Å². The Bertz CT molecular complexity index is 600. The molecule has 0 aromatic heterocycles. The van der Waals surface area contributed by atoms with Gasteiger partial charge in [0.05, 0.1) is 11.1 Å². The zero-order valence-corrected chi connectivity index (χ0v) is 17.1. The molecule has 1 rings (SSSR count). The van der Waals surface area contributed by atoms with Crippen molar-refractivity contribution in [1.29, 1.82) is 0 Å². The maximum absolute atomic E-state index is 12.7. The fourth-order valence-corrected chi connectivity index (χ4v) is 2.53. The van der Waals surface area contributed by atoms with Crippen molar-refractivity contribution in [3.63, 3.8) is 0 Å². The van der Waals surface area contributed by atoms with Crippen LogP contribution in [0.3, 0.4) is 0 Å². The van der Waals surface area contributed by atoms with E-state index in [0.29, 0.717) is 0 Å². The lowest BCUT2D eigenvalue weighted by atomic mass is 10.1. The van der Waals surface area contributed by atoms with E-state index in [9.17, 15) is 9.59 Å². The molecule has 1 unspecified atom stereocenters. The second-order valence-corrected chi connectivity index (χ2v) is 12.8. The summed E-state index contributed by atoms with van der Waals surface area (Å²) in [4.78, 5) is 25.1. The van der Waals surface area contributed by atoms with Gasteiger partial charge in [0.25, 0.3) is 8.32 Å². The highest BCUT2D eigenvalue weighted by molar-refractivity contribution is 6.75. The third kappa shape index (κ3) is 4.93. The summed E-state index contributed by atoms with van der Waals surface area (Å²) < 4.78 is 11.3. The lowest BCUT2D eigenvalue weighted by molar-refractivity contribution is 0.0233. The van der Waals surface area contributed by atoms with Gasteiger partial charge in [0.2, 0.25) is 0 Å². The zero-order valence-electron chi connectivity index (χ0n) is 16.1. The molecule has 0 saturated carbocycles. The van der Waals surface area contributed by atoms with Crippen LogP contribution >= 0.6 is 0 Å². The number of hydrogen-bond donors (Lipinski definition) is 0. The maximum atomic E-state index is 12.7. The van der Waals surface area contributed by atoms with Crippen molar-refractivity contribution < 1.29 is 18.8 Å². The first-order valence-corrected chi connectivity index (χ1v) is 11.3. The third-order valence-electron chi connectivity index (χ3n) is 4.75. The van der Waals surface area contributed by atoms with E-state index in [0.717, 1.165) is 0 Å². The minimum absolute atomic E-state index is 0.0930. The van der Waals surface area contributed by atoms with Crippen molar-refractivity contribution >= 4 is 20.3 Å². The Morgan fingerprint density at radius 2 is 1.42 bits per heavy atom.